The molecule has 0 fully saturated rings. The monoisotopic (exact) mass is 1290 g/mol. The first-order valence-corrected chi connectivity index (χ1v) is 36.6. The highest BCUT2D eigenvalue weighted by molar-refractivity contribution is 8.34. The van der Waals surface area contributed by atoms with Crippen LogP contribution in [0.4, 0.5) is 0 Å². The van der Waals surface area contributed by atoms with Gasteiger partial charge in [-0.2, -0.15) is 0 Å². The van der Waals surface area contributed by atoms with Crippen LogP contribution in [0.1, 0.15) is 0 Å². The van der Waals surface area contributed by atoms with Crippen molar-refractivity contribution < 1.29 is 0 Å². The fourth-order valence-corrected chi connectivity index (χ4v) is 21.8. The summed E-state index contributed by atoms with van der Waals surface area (Å²) in [5, 5.41) is 0. The summed E-state index contributed by atoms with van der Waals surface area (Å²) in [6.45, 7) is 0. The van der Waals surface area contributed by atoms with Crippen molar-refractivity contribution >= 4 is 20.1 Å². The van der Waals surface area contributed by atoms with Crippen LogP contribution in [0, 0.1) is 0 Å². The Morgan fingerprint density at radius 3 is 0.663 bits per heavy atom. The Hall–Kier alpha value is -11.9. The number of nitrogens with zero attached hydrogens (tertiary/aromatic N) is 2. The highest BCUT2D eigenvalue weighted by Gasteiger charge is 2.40. The molecule has 0 atom stereocenters. The third-order valence-electron chi connectivity index (χ3n) is 18.5. The zero-order chi connectivity index (χ0) is 65.5. The molecule has 0 aliphatic carbocycles. The first-order valence-electron chi connectivity index (χ1n) is 33.3. The molecule has 0 amide bonds. The minimum absolute atomic E-state index is 0.632. The van der Waals surface area contributed by atoms with E-state index in [-0.39, 0.29) is 0 Å². The van der Waals surface area contributed by atoms with Gasteiger partial charge >= 0.3 is 0 Å². The maximum Gasteiger partial charge on any atom is 0.160 e. The average molecular weight is 1290 g/mol. The fourth-order valence-electron chi connectivity index (χ4n) is 13.8. The Balaban J connectivity index is 1.08. The molecule has 466 valence electrons. The number of benzene rings is 15. The molecule has 15 aromatic carbocycles. The lowest BCUT2D eigenvalue weighted by atomic mass is 10.00. The molecule has 16 rings (SSSR count). The topological polar surface area (TPSA) is 25.8 Å². The summed E-state index contributed by atoms with van der Waals surface area (Å²) >= 11 is 0. The Kier molecular flexibility index (Phi) is 17.1. The molecule has 4 heteroatoms. The van der Waals surface area contributed by atoms with Crippen molar-refractivity contribution in [3.8, 4) is 101 Å². The molecular weight excluding hydrogens is 1220 g/mol. The van der Waals surface area contributed by atoms with Gasteiger partial charge < -0.3 is 0 Å². The summed E-state index contributed by atoms with van der Waals surface area (Å²) in [6, 6.07) is 152. The van der Waals surface area contributed by atoms with Crippen molar-refractivity contribution in [3.05, 3.63) is 413 Å². The Morgan fingerprint density at radius 2 is 0.347 bits per heavy atom. The van der Waals surface area contributed by atoms with E-state index < -0.39 is 20.1 Å². The Labute approximate surface area is 578 Å². The standard InChI is InChI=1S/C94H68N2S2/c1-9-31-69(32-10-1)75-43-25-49-81(59-75)92-68-93(96-94(95-92)82-50-26-44-76(60-82)70-33-11-2-12-34-70)83-65-90(97(84-51-21-7-22-52-84,86-55-27-45-77(61-86)71-35-13-3-14-36-71)87-56-28-46-78(62-87)72-37-15-4-16-38-72)67-91(66-83)98(85-53-23-8-24-54-85,88-57-29-47-79(63-88)73-39-17-5-18-40-73)89-58-30-48-80(64-89)74-41-19-6-20-42-74/h1-68H. The van der Waals surface area contributed by atoms with Gasteiger partial charge in [-0.3, -0.25) is 0 Å². The van der Waals surface area contributed by atoms with Crippen LogP contribution in [0.2, 0.25) is 0 Å². The van der Waals surface area contributed by atoms with E-state index in [2.05, 4.69) is 413 Å². The van der Waals surface area contributed by atoms with Gasteiger partial charge in [0.2, 0.25) is 0 Å². The molecule has 16 aromatic rings. The van der Waals surface area contributed by atoms with Gasteiger partial charge in [0.05, 0.1) is 11.4 Å². The van der Waals surface area contributed by atoms with E-state index in [1.807, 2.05) is 0 Å². The van der Waals surface area contributed by atoms with Crippen LogP contribution in [0.15, 0.2) is 452 Å². The Morgan fingerprint density at radius 1 is 0.133 bits per heavy atom. The van der Waals surface area contributed by atoms with E-state index in [1.165, 1.54) is 29.4 Å². The van der Waals surface area contributed by atoms with Crippen LogP contribution < -0.4 is 0 Å². The van der Waals surface area contributed by atoms with Crippen molar-refractivity contribution in [2.45, 2.75) is 39.2 Å². The van der Waals surface area contributed by atoms with Crippen LogP contribution in [0.3, 0.4) is 0 Å². The summed E-state index contributed by atoms with van der Waals surface area (Å²) in [6.07, 6.45) is 0. The molecule has 0 unspecified atom stereocenters. The van der Waals surface area contributed by atoms with Crippen molar-refractivity contribution in [3.63, 3.8) is 0 Å². The summed E-state index contributed by atoms with van der Waals surface area (Å²) in [5.41, 5.74) is 18.2. The van der Waals surface area contributed by atoms with Gasteiger partial charge in [0.25, 0.3) is 0 Å². The lowest BCUT2D eigenvalue weighted by Crippen LogP contribution is -2.10. The molecule has 0 aliphatic heterocycles. The number of aromatic nitrogens is 2. The summed E-state index contributed by atoms with van der Waals surface area (Å²) in [4.78, 5) is 21.1. The molecular formula is C94H68N2S2. The molecule has 0 spiro atoms. The van der Waals surface area contributed by atoms with Crippen molar-refractivity contribution in [1.29, 1.82) is 0 Å². The lowest BCUT2D eigenvalue weighted by molar-refractivity contribution is 1.16. The van der Waals surface area contributed by atoms with Crippen LogP contribution in [-0.4, -0.2) is 9.97 Å². The molecule has 0 bridgehead atoms. The lowest BCUT2D eigenvalue weighted by Gasteiger charge is -2.46. The molecule has 0 aliphatic rings. The Bertz CT molecular complexity index is 4920. The van der Waals surface area contributed by atoms with E-state index in [0.717, 1.165) is 105 Å². The van der Waals surface area contributed by atoms with Gasteiger partial charge in [-0.05, 0) is 176 Å². The maximum atomic E-state index is 5.92. The molecule has 0 N–H and O–H groups in total. The van der Waals surface area contributed by atoms with Crippen LogP contribution in [0.25, 0.3) is 101 Å². The highest BCUT2D eigenvalue weighted by Crippen LogP contribution is 2.78. The number of hydrogen-bond acceptors (Lipinski definition) is 2. The van der Waals surface area contributed by atoms with Crippen molar-refractivity contribution in [2.75, 3.05) is 0 Å². The minimum Gasteiger partial charge on any atom is -0.228 e. The largest absolute Gasteiger partial charge is 0.228 e. The molecule has 0 radical (unpaired) electrons. The zero-order valence-electron chi connectivity index (χ0n) is 54.0. The molecule has 98 heavy (non-hydrogen) atoms. The second kappa shape index (κ2) is 27.4. The number of rotatable bonds is 17. The van der Waals surface area contributed by atoms with E-state index in [0.29, 0.717) is 5.82 Å². The second-order valence-electron chi connectivity index (χ2n) is 24.5. The van der Waals surface area contributed by atoms with Crippen LogP contribution >= 0.6 is 20.1 Å². The molecule has 0 saturated carbocycles. The van der Waals surface area contributed by atoms with E-state index >= 15 is 0 Å². The minimum atomic E-state index is -2.56. The van der Waals surface area contributed by atoms with Crippen molar-refractivity contribution in [1.82, 2.24) is 9.97 Å². The van der Waals surface area contributed by atoms with Gasteiger partial charge in [0.15, 0.2) is 5.82 Å². The quantitative estimate of drug-likeness (QED) is 0.0908. The first-order chi connectivity index (χ1) is 48.5. The molecule has 0 saturated heterocycles. The normalized spacial score (nSPS) is 11.8. The predicted octanol–water partition coefficient (Wildman–Crippen LogP) is 26.2. The maximum absolute atomic E-state index is 5.92. The second-order valence-corrected chi connectivity index (χ2v) is 30.7. The van der Waals surface area contributed by atoms with Gasteiger partial charge in [-0.25, -0.2) is 9.97 Å². The fraction of sp³-hybridized carbons (Fsp3) is 0. The van der Waals surface area contributed by atoms with Crippen LogP contribution in [-0.2, 0) is 0 Å². The van der Waals surface area contributed by atoms with E-state index in [9.17, 15) is 0 Å². The highest BCUT2D eigenvalue weighted by atomic mass is 32.3. The van der Waals surface area contributed by atoms with E-state index in [4.69, 9.17) is 9.97 Å². The van der Waals surface area contributed by atoms with Gasteiger partial charge in [0.1, 0.15) is 0 Å². The smallest absolute Gasteiger partial charge is 0.160 e. The molecule has 1 aromatic heterocycles. The van der Waals surface area contributed by atoms with Crippen LogP contribution in [0.5, 0.6) is 0 Å². The first kappa shape index (κ1) is 61.0. The summed E-state index contributed by atoms with van der Waals surface area (Å²) in [7, 11) is -5.12. The molecule has 2 nitrogen and oxygen atoms in total. The summed E-state index contributed by atoms with van der Waals surface area (Å²) < 4.78 is 0. The SMILES string of the molecule is c1ccc(-c2cccc(-c3cc(-c4cc(S(c5ccccc5)(c5cccc(-c6ccccc6)c5)c5cccc(-c6ccccc6)c5)cc(S(c5ccccc5)(c5cccc(-c6ccccc6)c5)c5cccc(-c6ccccc6)c5)c4)nc(-c4cccc(-c5ccccc5)c4)n3)c2)cc1. The average Bonchev–Trinajstić information content (AvgIpc) is 0.711. The zero-order valence-corrected chi connectivity index (χ0v) is 55.6. The predicted molar refractivity (Wildman–Crippen MR) is 411 cm³/mol. The van der Waals surface area contributed by atoms with Gasteiger partial charge in [-0.1, -0.05) is 303 Å². The summed E-state index contributed by atoms with van der Waals surface area (Å²) in [5.74, 6) is 0.632. The number of hydrogen-bond donors (Lipinski definition) is 0. The molecule has 1 heterocycles. The van der Waals surface area contributed by atoms with Gasteiger partial charge in [-0.15, -0.1) is 20.1 Å². The van der Waals surface area contributed by atoms with Gasteiger partial charge in [0, 0.05) is 55.9 Å². The van der Waals surface area contributed by atoms with Crippen molar-refractivity contribution in [2.24, 2.45) is 0 Å². The third kappa shape index (κ3) is 12.0. The third-order valence-corrected chi connectivity index (χ3v) is 26.2. The van der Waals surface area contributed by atoms with E-state index in [1.54, 1.807) is 0 Å².